The van der Waals surface area contributed by atoms with E-state index in [1.807, 2.05) is 6.92 Å². The van der Waals surface area contributed by atoms with Gasteiger partial charge in [0.2, 0.25) is 0 Å². The van der Waals surface area contributed by atoms with Gasteiger partial charge in [0.15, 0.2) is 0 Å². The van der Waals surface area contributed by atoms with Crippen molar-refractivity contribution in [2.24, 2.45) is 0 Å². The lowest BCUT2D eigenvalue weighted by atomic mass is 10.2. The van der Waals surface area contributed by atoms with E-state index >= 15 is 0 Å². The van der Waals surface area contributed by atoms with E-state index in [1.165, 1.54) is 25.7 Å². The van der Waals surface area contributed by atoms with E-state index in [1.54, 1.807) is 0 Å². The van der Waals surface area contributed by atoms with Crippen molar-refractivity contribution in [3.63, 3.8) is 0 Å². The second-order valence-electron chi connectivity index (χ2n) is 3.20. The Balaban J connectivity index is 2.86. The van der Waals surface area contributed by atoms with Crippen molar-refractivity contribution in [1.29, 1.82) is 0 Å². The number of rotatable bonds is 8. The lowest BCUT2D eigenvalue weighted by molar-refractivity contribution is 0.128. The van der Waals surface area contributed by atoms with E-state index in [0.717, 1.165) is 26.1 Å². The molecule has 0 amide bonds. The summed E-state index contributed by atoms with van der Waals surface area (Å²) >= 11 is 0. The zero-order chi connectivity index (χ0) is 9.78. The fraction of sp³-hybridized carbons (Fsp3) is 0.833. The van der Waals surface area contributed by atoms with Gasteiger partial charge in [-0.2, -0.15) is 0 Å². The van der Waals surface area contributed by atoms with E-state index in [0.29, 0.717) is 0 Å². The topological polar surface area (TPSA) is 9.23 Å². The van der Waals surface area contributed by atoms with Gasteiger partial charge in [0.1, 0.15) is 0 Å². The molecule has 0 aliphatic rings. The predicted octanol–water partition coefficient (Wildman–Crippen LogP) is 3.39. The lowest BCUT2D eigenvalue weighted by Gasteiger charge is -2.01. The third-order valence-electron chi connectivity index (χ3n) is 1.91. The van der Waals surface area contributed by atoms with Crippen molar-refractivity contribution in [3.05, 3.63) is 0 Å². The first-order valence-electron chi connectivity index (χ1n) is 5.39. The van der Waals surface area contributed by atoms with E-state index in [-0.39, 0.29) is 0 Å². The molecule has 0 N–H and O–H groups in total. The summed E-state index contributed by atoms with van der Waals surface area (Å²) in [5.41, 5.74) is 0. The van der Waals surface area contributed by atoms with Crippen LogP contribution in [0.5, 0.6) is 0 Å². The second-order valence-corrected chi connectivity index (χ2v) is 3.20. The molecule has 0 aromatic heterocycles. The van der Waals surface area contributed by atoms with Crippen molar-refractivity contribution in [2.45, 2.75) is 52.4 Å². The third-order valence-corrected chi connectivity index (χ3v) is 1.91. The molecule has 76 valence electrons. The van der Waals surface area contributed by atoms with E-state index < -0.39 is 0 Å². The standard InChI is InChI=1S/C12H22O/c1-3-5-7-9-11-13-12-10-8-6-4-2/h3,5,7-12H2,1-2H3. The van der Waals surface area contributed by atoms with Crippen LogP contribution in [-0.4, -0.2) is 13.2 Å². The van der Waals surface area contributed by atoms with E-state index in [9.17, 15) is 0 Å². The molecule has 0 bridgehead atoms. The highest BCUT2D eigenvalue weighted by Gasteiger charge is 1.88. The quantitative estimate of drug-likeness (QED) is 0.413. The minimum Gasteiger partial charge on any atom is -0.381 e. The van der Waals surface area contributed by atoms with E-state index in [2.05, 4.69) is 18.8 Å². The van der Waals surface area contributed by atoms with Crippen LogP contribution in [0.15, 0.2) is 0 Å². The molecule has 0 aliphatic heterocycles. The molecule has 1 nitrogen and oxygen atoms in total. The molecule has 0 aromatic rings. The predicted molar refractivity (Wildman–Crippen MR) is 57.6 cm³/mol. The maximum Gasteiger partial charge on any atom is 0.0475 e. The molecule has 0 saturated carbocycles. The number of hydrogen-bond donors (Lipinski definition) is 0. The van der Waals surface area contributed by atoms with Gasteiger partial charge in [0.25, 0.3) is 0 Å². The summed E-state index contributed by atoms with van der Waals surface area (Å²) in [5.74, 6) is 5.91. The second kappa shape index (κ2) is 11.5. The first-order valence-corrected chi connectivity index (χ1v) is 5.39. The fourth-order valence-electron chi connectivity index (χ4n) is 1.12. The molecule has 1 heteroatoms. The van der Waals surface area contributed by atoms with Gasteiger partial charge in [-0.05, 0) is 19.8 Å². The molecular formula is C12H22O. The zero-order valence-corrected chi connectivity index (χ0v) is 9.07. The molecule has 13 heavy (non-hydrogen) atoms. The molecule has 0 aromatic carbocycles. The van der Waals surface area contributed by atoms with Crippen LogP contribution >= 0.6 is 0 Å². The average molecular weight is 182 g/mol. The lowest BCUT2D eigenvalue weighted by Crippen LogP contribution is -1.96. The van der Waals surface area contributed by atoms with Gasteiger partial charge in [-0.15, -0.1) is 11.8 Å². The van der Waals surface area contributed by atoms with Crippen LogP contribution in [0.1, 0.15) is 52.4 Å². The molecule has 0 aliphatic carbocycles. The van der Waals surface area contributed by atoms with E-state index in [4.69, 9.17) is 4.74 Å². The van der Waals surface area contributed by atoms with Crippen LogP contribution in [0.2, 0.25) is 0 Å². The smallest absolute Gasteiger partial charge is 0.0475 e. The fourth-order valence-corrected chi connectivity index (χ4v) is 1.12. The summed E-state index contributed by atoms with van der Waals surface area (Å²) < 4.78 is 5.46. The molecule has 0 rings (SSSR count). The first kappa shape index (κ1) is 12.5. The number of unbranched alkanes of at least 4 members (excludes halogenated alkanes) is 4. The number of hydrogen-bond acceptors (Lipinski definition) is 1. The Kier molecular flexibility index (Phi) is 11.1. The third kappa shape index (κ3) is 11.5. The Morgan fingerprint density at radius 2 is 1.77 bits per heavy atom. The summed E-state index contributed by atoms with van der Waals surface area (Å²) in [7, 11) is 0. The van der Waals surface area contributed by atoms with Crippen molar-refractivity contribution < 1.29 is 4.74 Å². The van der Waals surface area contributed by atoms with Crippen LogP contribution in [0.3, 0.4) is 0 Å². The molecule has 0 fully saturated rings. The average Bonchev–Trinajstić information content (AvgIpc) is 2.16. The Labute approximate surface area is 82.9 Å². The van der Waals surface area contributed by atoms with Crippen molar-refractivity contribution in [2.75, 3.05) is 13.2 Å². The summed E-state index contributed by atoms with van der Waals surface area (Å²) in [5, 5.41) is 0. The normalized spacial score (nSPS) is 9.38. The molecule has 0 atom stereocenters. The molecule has 0 saturated heterocycles. The van der Waals surface area contributed by atoms with Gasteiger partial charge in [-0.25, -0.2) is 0 Å². The molecule has 0 heterocycles. The summed E-state index contributed by atoms with van der Waals surface area (Å²) in [6.07, 6.45) is 7.22. The first-order chi connectivity index (χ1) is 6.41. The number of ether oxygens (including phenoxy) is 1. The SMILES string of the molecule is CC#CCCCOCCCCCC. The minimum atomic E-state index is 0.876. The van der Waals surface area contributed by atoms with Crippen molar-refractivity contribution in [3.8, 4) is 11.8 Å². The van der Waals surface area contributed by atoms with Crippen LogP contribution in [0.25, 0.3) is 0 Å². The Bertz CT molecular complexity index is 141. The van der Waals surface area contributed by atoms with Crippen LogP contribution in [-0.2, 0) is 4.74 Å². The summed E-state index contributed by atoms with van der Waals surface area (Å²) in [6, 6.07) is 0. The van der Waals surface area contributed by atoms with Crippen LogP contribution < -0.4 is 0 Å². The van der Waals surface area contributed by atoms with Gasteiger partial charge in [-0.1, -0.05) is 26.2 Å². The van der Waals surface area contributed by atoms with Crippen molar-refractivity contribution in [1.82, 2.24) is 0 Å². The zero-order valence-electron chi connectivity index (χ0n) is 9.07. The van der Waals surface area contributed by atoms with Gasteiger partial charge in [0, 0.05) is 19.6 Å². The van der Waals surface area contributed by atoms with Crippen LogP contribution in [0, 0.1) is 11.8 Å². The summed E-state index contributed by atoms with van der Waals surface area (Å²) in [6.45, 7) is 5.91. The van der Waals surface area contributed by atoms with Crippen molar-refractivity contribution >= 4 is 0 Å². The molecule has 0 radical (unpaired) electrons. The van der Waals surface area contributed by atoms with Crippen LogP contribution in [0.4, 0.5) is 0 Å². The Morgan fingerprint density at radius 3 is 2.46 bits per heavy atom. The maximum absolute atomic E-state index is 5.46. The Hall–Kier alpha value is -0.480. The largest absolute Gasteiger partial charge is 0.381 e. The highest BCUT2D eigenvalue weighted by molar-refractivity contribution is 4.94. The minimum absolute atomic E-state index is 0.876. The molecule has 0 spiro atoms. The molecule has 0 unspecified atom stereocenters. The highest BCUT2D eigenvalue weighted by atomic mass is 16.5. The van der Waals surface area contributed by atoms with Gasteiger partial charge in [-0.3, -0.25) is 0 Å². The Morgan fingerprint density at radius 1 is 1.00 bits per heavy atom. The highest BCUT2D eigenvalue weighted by Crippen LogP contribution is 1.99. The van der Waals surface area contributed by atoms with Gasteiger partial charge in [0.05, 0.1) is 0 Å². The summed E-state index contributed by atoms with van der Waals surface area (Å²) in [4.78, 5) is 0. The molecular weight excluding hydrogens is 160 g/mol. The van der Waals surface area contributed by atoms with Gasteiger partial charge >= 0.3 is 0 Å². The monoisotopic (exact) mass is 182 g/mol. The van der Waals surface area contributed by atoms with Gasteiger partial charge < -0.3 is 4.74 Å². The maximum atomic E-state index is 5.46.